The molecular weight excluding hydrogens is 281 g/mol. The van der Waals surface area contributed by atoms with Crippen LogP contribution in [0.2, 0.25) is 0 Å². The lowest BCUT2D eigenvalue weighted by atomic mass is 9.86. The molecule has 0 atom stereocenters. The van der Waals surface area contributed by atoms with Gasteiger partial charge in [0.2, 0.25) is 0 Å². The number of halogens is 3. The van der Waals surface area contributed by atoms with E-state index in [9.17, 15) is 18.0 Å². The van der Waals surface area contributed by atoms with Crippen LogP contribution < -0.4 is 5.56 Å². The maximum Gasteiger partial charge on any atom is 0.433 e. The fraction of sp³-hybridized carbons (Fsp3) is 0.400. The van der Waals surface area contributed by atoms with Crippen molar-refractivity contribution in [3.8, 4) is 0 Å². The molecule has 0 spiro atoms. The van der Waals surface area contributed by atoms with Gasteiger partial charge in [-0.1, -0.05) is 45.0 Å². The van der Waals surface area contributed by atoms with Gasteiger partial charge in [-0.25, -0.2) is 0 Å². The summed E-state index contributed by atoms with van der Waals surface area (Å²) >= 11 is 0. The fourth-order valence-electron chi connectivity index (χ4n) is 2.12. The second kappa shape index (κ2) is 5.09. The molecule has 0 radical (unpaired) electrons. The second-order valence-corrected chi connectivity index (χ2v) is 6.05. The third kappa shape index (κ3) is 3.37. The first-order chi connectivity index (χ1) is 9.59. The Kier molecular flexibility index (Phi) is 3.74. The molecule has 0 saturated heterocycles. The zero-order chi connectivity index (χ0) is 15.8. The summed E-state index contributed by atoms with van der Waals surface area (Å²) in [4.78, 5) is 11.5. The molecule has 0 aliphatic heterocycles. The van der Waals surface area contributed by atoms with Crippen LogP contribution in [0.5, 0.6) is 0 Å². The Hall–Kier alpha value is -1.98. The number of hydrogen-bond donors (Lipinski definition) is 2. The fourth-order valence-corrected chi connectivity index (χ4v) is 2.12. The molecule has 1 aromatic carbocycles. The molecule has 21 heavy (non-hydrogen) atoms. The monoisotopic (exact) mass is 298 g/mol. The molecule has 0 bridgehead atoms. The number of hydrogen-bond acceptors (Lipinski definition) is 1. The Morgan fingerprint density at radius 3 is 2.05 bits per heavy atom. The third-order valence-electron chi connectivity index (χ3n) is 3.36. The van der Waals surface area contributed by atoms with E-state index in [4.69, 9.17) is 0 Å². The molecule has 2 N–H and O–H groups in total. The Balaban J connectivity index is 2.31. The highest BCUT2D eigenvalue weighted by molar-refractivity contribution is 5.32. The molecular formula is C15H17F3N2O. The number of H-pyrrole nitrogens is 2. The van der Waals surface area contributed by atoms with Crippen molar-refractivity contribution in [1.29, 1.82) is 0 Å². The van der Waals surface area contributed by atoms with Crippen LogP contribution in [0.3, 0.4) is 0 Å². The van der Waals surface area contributed by atoms with E-state index in [2.05, 4.69) is 20.8 Å². The van der Waals surface area contributed by atoms with E-state index in [0.29, 0.717) is 5.56 Å². The van der Waals surface area contributed by atoms with Crippen molar-refractivity contribution >= 4 is 0 Å². The summed E-state index contributed by atoms with van der Waals surface area (Å²) in [6.45, 7) is 6.17. The van der Waals surface area contributed by atoms with E-state index >= 15 is 0 Å². The highest BCUT2D eigenvalue weighted by Crippen LogP contribution is 2.30. The summed E-state index contributed by atoms with van der Waals surface area (Å²) in [6, 6.07) is 7.27. The average molecular weight is 298 g/mol. The molecule has 2 rings (SSSR count). The normalized spacial score (nSPS) is 12.7. The average Bonchev–Trinajstić information content (AvgIpc) is 2.70. The zero-order valence-corrected chi connectivity index (χ0v) is 12.1. The SMILES string of the molecule is CC(C)(C)c1ccc(Cc2c(C(F)(F)F)[nH][nH]c2=O)cc1. The van der Waals surface area contributed by atoms with Gasteiger partial charge >= 0.3 is 6.18 Å². The van der Waals surface area contributed by atoms with Crippen molar-refractivity contribution in [3.05, 3.63) is 57.0 Å². The van der Waals surface area contributed by atoms with Crippen LogP contribution in [0.1, 0.15) is 43.2 Å². The Bertz CT molecular complexity index is 673. The number of aromatic amines is 2. The van der Waals surface area contributed by atoms with Gasteiger partial charge in [-0.05, 0) is 16.5 Å². The molecule has 1 heterocycles. The van der Waals surface area contributed by atoms with Gasteiger partial charge < -0.3 is 0 Å². The van der Waals surface area contributed by atoms with E-state index in [0.717, 1.165) is 5.56 Å². The van der Waals surface area contributed by atoms with Crippen LogP contribution >= 0.6 is 0 Å². The summed E-state index contributed by atoms with van der Waals surface area (Å²) in [5.74, 6) is 0. The van der Waals surface area contributed by atoms with Crippen molar-refractivity contribution in [3.63, 3.8) is 0 Å². The lowest BCUT2D eigenvalue weighted by Gasteiger charge is -2.19. The van der Waals surface area contributed by atoms with Gasteiger partial charge in [0.25, 0.3) is 5.56 Å². The summed E-state index contributed by atoms with van der Waals surface area (Å²) in [7, 11) is 0. The van der Waals surface area contributed by atoms with Gasteiger partial charge in [0.05, 0.1) is 5.56 Å². The van der Waals surface area contributed by atoms with Crippen molar-refractivity contribution in [2.75, 3.05) is 0 Å². The van der Waals surface area contributed by atoms with Gasteiger partial charge in [-0.15, -0.1) is 0 Å². The topological polar surface area (TPSA) is 48.6 Å². The number of aromatic nitrogens is 2. The van der Waals surface area contributed by atoms with Crippen molar-refractivity contribution in [2.45, 2.75) is 38.8 Å². The molecule has 114 valence electrons. The van der Waals surface area contributed by atoms with Crippen LogP contribution in [0.15, 0.2) is 29.1 Å². The Morgan fingerprint density at radius 1 is 1.00 bits per heavy atom. The van der Waals surface area contributed by atoms with Crippen LogP contribution in [-0.4, -0.2) is 10.2 Å². The molecule has 3 nitrogen and oxygen atoms in total. The summed E-state index contributed by atoms with van der Waals surface area (Å²) in [5.41, 5.74) is -0.300. The second-order valence-electron chi connectivity index (χ2n) is 6.05. The van der Waals surface area contributed by atoms with Crippen molar-refractivity contribution in [1.82, 2.24) is 10.2 Å². The van der Waals surface area contributed by atoms with Gasteiger partial charge in [0.1, 0.15) is 5.69 Å². The predicted molar refractivity (Wildman–Crippen MR) is 74.4 cm³/mol. The summed E-state index contributed by atoms with van der Waals surface area (Å²) < 4.78 is 38.4. The van der Waals surface area contributed by atoms with E-state index in [-0.39, 0.29) is 17.4 Å². The highest BCUT2D eigenvalue weighted by Gasteiger charge is 2.36. The quantitative estimate of drug-likeness (QED) is 0.874. The van der Waals surface area contributed by atoms with Crippen LogP contribution in [0.4, 0.5) is 13.2 Å². The molecule has 1 aromatic heterocycles. The number of alkyl halides is 3. The number of benzene rings is 1. The largest absolute Gasteiger partial charge is 0.433 e. The van der Waals surface area contributed by atoms with E-state index in [1.54, 1.807) is 12.1 Å². The summed E-state index contributed by atoms with van der Waals surface area (Å²) in [6.07, 6.45) is -4.63. The Labute approximate surface area is 120 Å². The van der Waals surface area contributed by atoms with Crippen molar-refractivity contribution in [2.24, 2.45) is 0 Å². The summed E-state index contributed by atoms with van der Waals surface area (Å²) in [5, 5.41) is 3.91. The van der Waals surface area contributed by atoms with Gasteiger partial charge in [0.15, 0.2) is 0 Å². The molecule has 0 aliphatic rings. The van der Waals surface area contributed by atoms with Crippen molar-refractivity contribution < 1.29 is 13.2 Å². The highest BCUT2D eigenvalue weighted by atomic mass is 19.4. The van der Waals surface area contributed by atoms with Crippen LogP contribution in [0, 0.1) is 0 Å². The molecule has 0 unspecified atom stereocenters. The maximum atomic E-state index is 12.8. The van der Waals surface area contributed by atoms with E-state index in [1.807, 2.05) is 22.3 Å². The first-order valence-electron chi connectivity index (χ1n) is 6.55. The molecule has 6 heteroatoms. The smallest absolute Gasteiger partial charge is 0.293 e. The lowest BCUT2D eigenvalue weighted by Crippen LogP contribution is -2.14. The minimum absolute atomic E-state index is 0.0266. The molecule has 0 aliphatic carbocycles. The van der Waals surface area contributed by atoms with Crippen LogP contribution in [0.25, 0.3) is 0 Å². The minimum Gasteiger partial charge on any atom is -0.293 e. The van der Waals surface area contributed by atoms with Gasteiger partial charge in [0, 0.05) is 6.42 Å². The van der Waals surface area contributed by atoms with Crippen LogP contribution in [-0.2, 0) is 18.0 Å². The third-order valence-corrected chi connectivity index (χ3v) is 3.36. The molecule has 0 fully saturated rings. The van der Waals surface area contributed by atoms with Gasteiger partial charge in [-0.3, -0.25) is 15.0 Å². The molecule has 0 saturated carbocycles. The zero-order valence-electron chi connectivity index (χ0n) is 12.1. The molecule has 0 amide bonds. The van der Waals surface area contributed by atoms with E-state index < -0.39 is 17.4 Å². The number of rotatable bonds is 2. The first kappa shape index (κ1) is 15.4. The van der Waals surface area contributed by atoms with Gasteiger partial charge in [-0.2, -0.15) is 13.2 Å². The Morgan fingerprint density at radius 2 is 1.57 bits per heavy atom. The maximum absolute atomic E-state index is 12.8. The standard InChI is InChI=1S/C15H17F3N2O/c1-14(2,3)10-6-4-9(5-7-10)8-11-12(15(16,17)18)19-20-13(11)21/h4-7H,8H2,1-3H3,(H2,19,20,21). The molecule has 2 aromatic rings. The minimum atomic E-state index is -4.57. The lowest BCUT2D eigenvalue weighted by molar-refractivity contribution is -0.141. The number of nitrogens with one attached hydrogen (secondary N) is 2. The van der Waals surface area contributed by atoms with E-state index in [1.165, 1.54) is 0 Å². The predicted octanol–water partition coefficient (Wildman–Crippen LogP) is 3.61. The first-order valence-corrected chi connectivity index (χ1v) is 6.55.